The number of hydrogen-bond donors (Lipinski definition) is 3. The van der Waals surface area contributed by atoms with Gasteiger partial charge in [-0.15, -0.1) is 0 Å². The molecule has 0 fully saturated rings. The molecule has 18 heavy (non-hydrogen) atoms. The van der Waals surface area contributed by atoms with Crippen LogP contribution in [0.15, 0.2) is 27.8 Å². The van der Waals surface area contributed by atoms with E-state index in [0.29, 0.717) is 6.42 Å². The number of rotatable bonds is 6. The van der Waals surface area contributed by atoms with Gasteiger partial charge in [-0.1, -0.05) is 28.0 Å². The van der Waals surface area contributed by atoms with Crippen LogP contribution < -0.4 is 15.8 Å². The van der Waals surface area contributed by atoms with E-state index in [0.717, 1.165) is 22.3 Å². The zero-order chi connectivity index (χ0) is 13.5. The molecule has 0 amide bonds. The van der Waals surface area contributed by atoms with Crippen molar-refractivity contribution in [2.75, 3.05) is 12.4 Å². The van der Waals surface area contributed by atoms with E-state index in [2.05, 4.69) is 26.4 Å². The highest BCUT2D eigenvalue weighted by Gasteiger charge is 2.10. The Balaban J connectivity index is 2.78. The summed E-state index contributed by atoms with van der Waals surface area (Å²) in [4.78, 5) is 0. The van der Waals surface area contributed by atoms with Crippen molar-refractivity contribution in [1.82, 2.24) is 0 Å². The standard InChI is InChI=1S/C12H18BrN3O2/c1-3-9(7-12(14)16-17)15-10-4-8(13)5-11(6-10)18-2/h4-6,9,15,17H,3,7H2,1-2H3,(H2,14,16). The first-order chi connectivity index (χ1) is 8.58. The predicted octanol–water partition coefficient (Wildman–Crippen LogP) is 2.78. The third-order valence-corrected chi connectivity index (χ3v) is 3.01. The van der Waals surface area contributed by atoms with E-state index in [1.165, 1.54) is 0 Å². The van der Waals surface area contributed by atoms with E-state index in [1.807, 2.05) is 25.1 Å². The summed E-state index contributed by atoms with van der Waals surface area (Å²) < 4.78 is 6.13. The molecule has 1 rings (SSSR count). The second kappa shape index (κ2) is 7.10. The van der Waals surface area contributed by atoms with E-state index in [9.17, 15) is 0 Å². The molecule has 5 nitrogen and oxygen atoms in total. The SMILES string of the molecule is CCC(C/C(N)=N/O)Nc1cc(Br)cc(OC)c1. The van der Waals surface area contributed by atoms with Gasteiger partial charge in [0.1, 0.15) is 11.6 Å². The Labute approximate surface area is 115 Å². The molecule has 0 heterocycles. The van der Waals surface area contributed by atoms with E-state index >= 15 is 0 Å². The van der Waals surface area contributed by atoms with E-state index in [1.54, 1.807) is 7.11 Å². The van der Waals surface area contributed by atoms with Crippen molar-refractivity contribution < 1.29 is 9.94 Å². The lowest BCUT2D eigenvalue weighted by Gasteiger charge is -2.18. The molecule has 0 saturated carbocycles. The van der Waals surface area contributed by atoms with Gasteiger partial charge in [0, 0.05) is 28.7 Å². The first-order valence-corrected chi connectivity index (χ1v) is 6.45. The summed E-state index contributed by atoms with van der Waals surface area (Å²) in [5.41, 5.74) is 6.44. The van der Waals surface area contributed by atoms with Crippen LogP contribution in [0.1, 0.15) is 19.8 Å². The molecule has 0 bridgehead atoms. The van der Waals surface area contributed by atoms with Crippen molar-refractivity contribution in [2.45, 2.75) is 25.8 Å². The largest absolute Gasteiger partial charge is 0.497 e. The molecule has 100 valence electrons. The number of benzene rings is 1. The fourth-order valence-electron chi connectivity index (χ4n) is 1.59. The molecule has 1 atom stereocenters. The van der Waals surface area contributed by atoms with Gasteiger partial charge in [-0.05, 0) is 18.6 Å². The van der Waals surface area contributed by atoms with Crippen LogP contribution >= 0.6 is 15.9 Å². The number of halogens is 1. The summed E-state index contributed by atoms with van der Waals surface area (Å²) in [6, 6.07) is 5.85. The number of ether oxygens (including phenoxy) is 1. The number of nitrogens with two attached hydrogens (primary N) is 1. The number of anilines is 1. The normalized spacial score (nSPS) is 13.2. The summed E-state index contributed by atoms with van der Waals surface area (Å²) in [5.74, 6) is 0.988. The van der Waals surface area contributed by atoms with Crippen LogP contribution in [0.25, 0.3) is 0 Å². The van der Waals surface area contributed by atoms with Gasteiger partial charge in [0.25, 0.3) is 0 Å². The average Bonchev–Trinajstić information content (AvgIpc) is 2.36. The highest BCUT2D eigenvalue weighted by atomic mass is 79.9. The quantitative estimate of drug-likeness (QED) is 0.326. The lowest BCUT2D eigenvalue weighted by molar-refractivity contribution is 0.316. The topological polar surface area (TPSA) is 79.9 Å². The molecule has 0 saturated heterocycles. The molecule has 0 spiro atoms. The van der Waals surface area contributed by atoms with Gasteiger partial charge in [-0.2, -0.15) is 0 Å². The number of nitrogens with zero attached hydrogens (tertiary/aromatic N) is 1. The van der Waals surface area contributed by atoms with Crippen LogP contribution in [-0.4, -0.2) is 24.2 Å². The Bertz CT molecular complexity index is 424. The van der Waals surface area contributed by atoms with Crippen molar-refractivity contribution in [1.29, 1.82) is 0 Å². The van der Waals surface area contributed by atoms with Crippen molar-refractivity contribution in [3.63, 3.8) is 0 Å². The number of methoxy groups -OCH3 is 1. The van der Waals surface area contributed by atoms with Crippen molar-refractivity contribution in [2.24, 2.45) is 10.9 Å². The van der Waals surface area contributed by atoms with Crippen LogP contribution in [0.4, 0.5) is 5.69 Å². The lowest BCUT2D eigenvalue weighted by atomic mass is 10.1. The fourth-order valence-corrected chi connectivity index (χ4v) is 2.06. The number of hydrogen-bond acceptors (Lipinski definition) is 4. The summed E-state index contributed by atoms with van der Waals surface area (Å²) in [6.07, 6.45) is 1.35. The van der Waals surface area contributed by atoms with Gasteiger partial charge >= 0.3 is 0 Å². The van der Waals surface area contributed by atoms with Gasteiger partial charge in [-0.25, -0.2) is 0 Å². The Morgan fingerprint density at radius 3 is 2.83 bits per heavy atom. The van der Waals surface area contributed by atoms with Crippen LogP contribution in [0.5, 0.6) is 5.75 Å². The summed E-state index contributed by atoms with van der Waals surface area (Å²) in [7, 11) is 1.62. The highest BCUT2D eigenvalue weighted by molar-refractivity contribution is 9.10. The minimum absolute atomic E-state index is 0.111. The number of nitrogens with one attached hydrogen (secondary N) is 1. The van der Waals surface area contributed by atoms with Gasteiger partial charge in [0.2, 0.25) is 0 Å². The smallest absolute Gasteiger partial charge is 0.141 e. The molecular weight excluding hydrogens is 298 g/mol. The van der Waals surface area contributed by atoms with Crippen LogP contribution in [0, 0.1) is 0 Å². The molecule has 1 aromatic carbocycles. The van der Waals surface area contributed by atoms with Crippen molar-refractivity contribution in [3.8, 4) is 5.75 Å². The first kappa shape index (κ1) is 14.6. The van der Waals surface area contributed by atoms with Gasteiger partial charge < -0.3 is 21.0 Å². The maximum Gasteiger partial charge on any atom is 0.141 e. The molecule has 0 aliphatic heterocycles. The molecular formula is C12H18BrN3O2. The molecule has 1 aromatic rings. The Kier molecular flexibility index (Phi) is 5.77. The maximum absolute atomic E-state index is 8.58. The minimum atomic E-state index is 0.111. The number of oxime groups is 1. The van der Waals surface area contributed by atoms with Gasteiger partial charge in [-0.3, -0.25) is 0 Å². The summed E-state index contributed by atoms with van der Waals surface area (Å²) >= 11 is 3.42. The molecule has 0 radical (unpaired) electrons. The zero-order valence-corrected chi connectivity index (χ0v) is 12.1. The Hall–Kier alpha value is -1.43. The number of amidine groups is 1. The molecule has 0 aliphatic carbocycles. The maximum atomic E-state index is 8.58. The second-order valence-electron chi connectivity index (χ2n) is 3.92. The molecule has 0 aromatic heterocycles. The van der Waals surface area contributed by atoms with Crippen LogP contribution in [-0.2, 0) is 0 Å². The van der Waals surface area contributed by atoms with Gasteiger partial charge in [0.05, 0.1) is 7.11 Å². The molecule has 1 unspecified atom stereocenters. The van der Waals surface area contributed by atoms with E-state index in [-0.39, 0.29) is 11.9 Å². The zero-order valence-electron chi connectivity index (χ0n) is 10.5. The van der Waals surface area contributed by atoms with E-state index < -0.39 is 0 Å². The predicted molar refractivity (Wildman–Crippen MR) is 76.4 cm³/mol. The van der Waals surface area contributed by atoms with E-state index in [4.69, 9.17) is 15.7 Å². The summed E-state index contributed by atoms with van der Waals surface area (Å²) in [6.45, 7) is 2.04. The molecule has 6 heteroatoms. The third-order valence-electron chi connectivity index (χ3n) is 2.55. The minimum Gasteiger partial charge on any atom is -0.497 e. The van der Waals surface area contributed by atoms with Crippen molar-refractivity contribution in [3.05, 3.63) is 22.7 Å². The van der Waals surface area contributed by atoms with Crippen LogP contribution in [0.2, 0.25) is 0 Å². The lowest BCUT2D eigenvalue weighted by Crippen LogP contribution is -2.26. The Morgan fingerprint density at radius 2 is 2.28 bits per heavy atom. The van der Waals surface area contributed by atoms with Gasteiger partial charge in [0.15, 0.2) is 0 Å². The van der Waals surface area contributed by atoms with Crippen LogP contribution in [0.3, 0.4) is 0 Å². The van der Waals surface area contributed by atoms with Crippen molar-refractivity contribution >= 4 is 27.5 Å². The second-order valence-corrected chi connectivity index (χ2v) is 4.84. The highest BCUT2D eigenvalue weighted by Crippen LogP contribution is 2.25. The monoisotopic (exact) mass is 315 g/mol. The third kappa shape index (κ3) is 4.44. The summed E-state index contributed by atoms with van der Waals surface area (Å²) in [5, 5.41) is 14.9. The Morgan fingerprint density at radius 1 is 1.56 bits per heavy atom. The molecule has 4 N–H and O–H groups in total. The molecule has 0 aliphatic rings. The first-order valence-electron chi connectivity index (χ1n) is 5.66. The fraction of sp³-hybridized carbons (Fsp3) is 0.417. The average molecular weight is 316 g/mol.